The molecule has 1 saturated heterocycles. The lowest BCUT2D eigenvalue weighted by Crippen LogP contribution is -2.31. The molecule has 1 fully saturated rings. The summed E-state index contributed by atoms with van der Waals surface area (Å²) in [5, 5.41) is 8.80. The number of rotatable bonds is 3. The fourth-order valence-electron chi connectivity index (χ4n) is 1.56. The fourth-order valence-corrected chi connectivity index (χ4v) is 3.43. The molecule has 0 saturated carbocycles. The average molecular weight is 243 g/mol. The van der Waals surface area contributed by atoms with Crippen LogP contribution in [0.4, 0.5) is 0 Å². The van der Waals surface area contributed by atoms with Crippen LogP contribution in [0.1, 0.15) is 14.5 Å². The van der Waals surface area contributed by atoms with Crippen molar-refractivity contribution in [3.8, 4) is 0 Å². The van der Waals surface area contributed by atoms with Crippen molar-refractivity contribution in [1.29, 1.82) is 0 Å². The lowest BCUT2D eigenvalue weighted by molar-refractivity contribution is 0.0702. The number of hydrogen-bond donors (Lipinski definition) is 1. The van der Waals surface area contributed by atoms with Crippen molar-refractivity contribution in [2.75, 3.05) is 24.6 Å². The monoisotopic (exact) mass is 243 g/mol. The maximum absolute atomic E-state index is 10.7. The molecular weight excluding hydrogens is 230 g/mol. The number of carbonyl (C=O) groups is 1. The third-order valence-corrected chi connectivity index (χ3v) is 4.36. The van der Waals surface area contributed by atoms with Crippen molar-refractivity contribution in [3.63, 3.8) is 0 Å². The molecular formula is C10H13NO2S2. The standard InChI is InChI=1S/C10H13NO2S2/c12-10(13)9-2-1-8(15-9)7-11-3-5-14-6-4-11/h1-2H,3-7H2,(H,12,13). The van der Waals surface area contributed by atoms with E-state index in [-0.39, 0.29) is 0 Å². The van der Waals surface area contributed by atoms with Gasteiger partial charge < -0.3 is 5.11 Å². The predicted octanol–water partition coefficient (Wildman–Crippen LogP) is 2.00. The Labute approximate surface area is 97.1 Å². The summed E-state index contributed by atoms with van der Waals surface area (Å²) in [4.78, 5) is 14.7. The Balaban J connectivity index is 1.94. The Bertz CT molecular complexity index is 345. The highest BCUT2D eigenvalue weighted by Crippen LogP contribution is 2.20. The summed E-state index contributed by atoms with van der Waals surface area (Å²) >= 11 is 3.37. The van der Waals surface area contributed by atoms with E-state index in [9.17, 15) is 4.79 Å². The number of carboxylic acid groups (broad SMARTS) is 1. The van der Waals surface area contributed by atoms with Crippen molar-refractivity contribution in [2.24, 2.45) is 0 Å². The van der Waals surface area contributed by atoms with Crippen molar-refractivity contribution < 1.29 is 9.90 Å². The van der Waals surface area contributed by atoms with Gasteiger partial charge in [-0.1, -0.05) is 0 Å². The summed E-state index contributed by atoms with van der Waals surface area (Å²) in [6.07, 6.45) is 0. The van der Waals surface area contributed by atoms with Gasteiger partial charge >= 0.3 is 5.97 Å². The highest BCUT2D eigenvalue weighted by atomic mass is 32.2. The molecule has 2 heterocycles. The summed E-state index contributed by atoms with van der Waals surface area (Å²) in [6, 6.07) is 3.62. The van der Waals surface area contributed by atoms with Gasteiger partial charge in [0.05, 0.1) is 0 Å². The average Bonchev–Trinajstić information content (AvgIpc) is 2.68. The van der Waals surface area contributed by atoms with E-state index in [1.54, 1.807) is 6.07 Å². The number of aromatic carboxylic acids is 1. The molecule has 5 heteroatoms. The molecule has 0 aromatic carbocycles. The molecule has 0 aliphatic carbocycles. The first kappa shape index (κ1) is 11.0. The third-order valence-electron chi connectivity index (χ3n) is 2.36. The predicted molar refractivity (Wildman–Crippen MR) is 63.9 cm³/mol. The molecule has 1 N–H and O–H groups in total. The molecule has 3 nitrogen and oxygen atoms in total. The molecule has 1 aliphatic rings. The molecule has 2 rings (SSSR count). The van der Waals surface area contributed by atoms with Gasteiger partial charge in [-0.25, -0.2) is 4.79 Å². The molecule has 0 atom stereocenters. The van der Waals surface area contributed by atoms with Crippen LogP contribution in [0.15, 0.2) is 12.1 Å². The van der Waals surface area contributed by atoms with E-state index in [2.05, 4.69) is 4.90 Å². The molecule has 0 bridgehead atoms. The van der Waals surface area contributed by atoms with E-state index in [1.165, 1.54) is 22.8 Å². The van der Waals surface area contributed by atoms with Crippen LogP contribution >= 0.6 is 23.1 Å². The summed E-state index contributed by atoms with van der Waals surface area (Å²) < 4.78 is 0. The van der Waals surface area contributed by atoms with Crippen LogP contribution in [-0.4, -0.2) is 40.6 Å². The minimum atomic E-state index is -0.819. The zero-order chi connectivity index (χ0) is 10.7. The zero-order valence-corrected chi connectivity index (χ0v) is 9.94. The van der Waals surface area contributed by atoms with Crippen molar-refractivity contribution in [2.45, 2.75) is 6.54 Å². The van der Waals surface area contributed by atoms with Gasteiger partial charge in [0, 0.05) is 36.0 Å². The van der Waals surface area contributed by atoms with E-state index in [0.29, 0.717) is 4.88 Å². The van der Waals surface area contributed by atoms with Crippen LogP contribution in [0.3, 0.4) is 0 Å². The summed E-state index contributed by atoms with van der Waals surface area (Å²) in [5.41, 5.74) is 0. The van der Waals surface area contributed by atoms with Gasteiger partial charge in [-0.15, -0.1) is 11.3 Å². The molecule has 15 heavy (non-hydrogen) atoms. The molecule has 0 spiro atoms. The summed E-state index contributed by atoms with van der Waals surface area (Å²) in [6.45, 7) is 3.13. The van der Waals surface area contributed by atoms with Gasteiger partial charge in [0.25, 0.3) is 0 Å². The van der Waals surface area contributed by atoms with Gasteiger partial charge in [0.1, 0.15) is 4.88 Å². The number of thiophene rings is 1. The van der Waals surface area contributed by atoms with Crippen molar-refractivity contribution in [3.05, 3.63) is 21.9 Å². The Kier molecular flexibility index (Phi) is 3.66. The first-order valence-electron chi connectivity index (χ1n) is 4.88. The minimum absolute atomic E-state index is 0.441. The first-order valence-corrected chi connectivity index (χ1v) is 6.85. The number of carboxylic acids is 1. The van der Waals surface area contributed by atoms with Crippen LogP contribution in [0.25, 0.3) is 0 Å². The van der Waals surface area contributed by atoms with Gasteiger partial charge in [0.2, 0.25) is 0 Å². The third kappa shape index (κ3) is 2.96. The molecule has 0 radical (unpaired) electrons. The Morgan fingerprint density at radius 1 is 1.40 bits per heavy atom. The normalized spacial score (nSPS) is 17.9. The number of hydrogen-bond acceptors (Lipinski definition) is 4. The largest absolute Gasteiger partial charge is 0.477 e. The number of nitrogens with zero attached hydrogens (tertiary/aromatic N) is 1. The van der Waals surface area contributed by atoms with Gasteiger partial charge in [-0.05, 0) is 12.1 Å². The molecule has 1 aromatic rings. The van der Waals surface area contributed by atoms with Crippen molar-refractivity contribution in [1.82, 2.24) is 4.90 Å². The topological polar surface area (TPSA) is 40.5 Å². The van der Waals surface area contributed by atoms with E-state index < -0.39 is 5.97 Å². The SMILES string of the molecule is O=C(O)c1ccc(CN2CCSCC2)s1. The molecule has 1 aliphatic heterocycles. The molecule has 82 valence electrons. The second-order valence-corrected chi connectivity index (χ2v) is 5.85. The first-order chi connectivity index (χ1) is 7.25. The van der Waals surface area contributed by atoms with Crippen LogP contribution in [0.2, 0.25) is 0 Å². The maximum atomic E-state index is 10.7. The van der Waals surface area contributed by atoms with Crippen LogP contribution in [0.5, 0.6) is 0 Å². The lowest BCUT2D eigenvalue weighted by Gasteiger charge is -2.25. The van der Waals surface area contributed by atoms with E-state index >= 15 is 0 Å². The number of thioether (sulfide) groups is 1. The zero-order valence-electron chi connectivity index (χ0n) is 8.31. The molecule has 1 aromatic heterocycles. The Morgan fingerprint density at radius 3 is 2.73 bits per heavy atom. The van der Waals surface area contributed by atoms with Crippen LogP contribution < -0.4 is 0 Å². The Morgan fingerprint density at radius 2 is 2.13 bits per heavy atom. The van der Waals surface area contributed by atoms with Crippen LogP contribution in [-0.2, 0) is 6.54 Å². The van der Waals surface area contributed by atoms with Crippen LogP contribution in [0, 0.1) is 0 Å². The highest BCUT2D eigenvalue weighted by Gasteiger charge is 2.13. The van der Waals surface area contributed by atoms with E-state index in [1.807, 2.05) is 17.8 Å². The minimum Gasteiger partial charge on any atom is -0.477 e. The fraction of sp³-hybridized carbons (Fsp3) is 0.500. The smallest absolute Gasteiger partial charge is 0.345 e. The van der Waals surface area contributed by atoms with Crippen molar-refractivity contribution >= 4 is 29.1 Å². The van der Waals surface area contributed by atoms with Gasteiger partial charge in [0.15, 0.2) is 0 Å². The summed E-state index contributed by atoms with van der Waals surface area (Å²) in [7, 11) is 0. The highest BCUT2D eigenvalue weighted by molar-refractivity contribution is 7.99. The second kappa shape index (κ2) is 5.01. The van der Waals surface area contributed by atoms with Gasteiger partial charge in [-0.2, -0.15) is 11.8 Å². The Hall–Kier alpha value is -0.520. The lowest BCUT2D eigenvalue weighted by atomic mass is 10.4. The summed E-state index contributed by atoms with van der Waals surface area (Å²) in [5.74, 6) is 1.56. The second-order valence-electron chi connectivity index (χ2n) is 3.46. The van der Waals surface area contributed by atoms with E-state index in [0.717, 1.165) is 24.5 Å². The molecule has 0 amide bonds. The maximum Gasteiger partial charge on any atom is 0.345 e. The van der Waals surface area contributed by atoms with E-state index in [4.69, 9.17) is 5.11 Å². The van der Waals surface area contributed by atoms with Gasteiger partial charge in [-0.3, -0.25) is 4.90 Å². The quantitative estimate of drug-likeness (QED) is 0.881. The molecule has 0 unspecified atom stereocenters.